The molecule has 0 fully saturated rings. The number of esters is 1. The average molecular weight is 421 g/mol. The van der Waals surface area contributed by atoms with E-state index >= 15 is 0 Å². The monoisotopic (exact) mass is 421 g/mol. The Kier molecular flexibility index (Phi) is 5.72. The molecule has 31 heavy (non-hydrogen) atoms. The first-order valence-corrected chi connectivity index (χ1v) is 10.2. The molecule has 0 spiro atoms. The lowest BCUT2D eigenvalue weighted by Gasteiger charge is -2.36. The van der Waals surface area contributed by atoms with Crippen molar-refractivity contribution in [3.8, 4) is 5.75 Å². The molecule has 0 bridgehead atoms. The van der Waals surface area contributed by atoms with Crippen LogP contribution in [0.5, 0.6) is 5.75 Å². The SMILES string of the molecule is COC(=O)C1C(C)=NC2=C(C(=O)C[C@H](c3ccc(OC)cc3)C2)[C@@H]1c1ccccc1F. The first-order valence-electron chi connectivity index (χ1n) is 10.2. The third kappa shape index (κ3) is 3.78. The number of allylic oxidation sites excluding steroid dienone is 2. The molecule has 0 saturated heterocycles. The number of ether oxygens (including phenoxy) is 2. The number of carbonyl (C=O) groups excluding carboxylic acids is 2. The first-order chi connectivity index (χ1) is 14.9. The smallest absolute Gasteiger partial charge is 0.315 e. The highest BCUT2D eigenvalue weighted by Crippen LogP contribution is 2.47. The van der Waals surface area contributed by atoms with E-state index in [4.69, 9.17) is 9.47 Å². The number of rotatable bonds is 4. The van der Waals surface area contributed by atoms with Crippen LogP contribution in [-0.2, 0) is 14.3 Å². The van der Waals surface area contributed by atoms with Gasteiger partial charge in [-0.15, -0.1) is 0 Å². The van der Waals surface area contributed by atoms with E-state index in [0.717, 1.165) is 11.3 Å². The summed E-state index contributed by atoms with van der Waals surface area (Å²) in [5.41, 5.74) is 2.92. The number of hydrogen-bond acceptors (Lipinski definition) is 5. The normalized spacial score (nSPS) is 23.2. The largest absolute Gasteiger partial charge is 0.497 e. The van der Waals surface area contributed by atoms with E-state index in [1.54, 1.807) is 32.2 Å². The number of aliphatic imine (C=N–C) groups is 1. The number of Topliss-reactive ketones (excluding diaryl/α,β-unsaturated/α-hetero) is 1. The minimum absolute atomic E-state index is 0.0374. The van der Waals surface area contributed by atoms with Gasteiger partial charge in [-0.2, -0.15) is 0 Å². The highest BCUT2D eigenvalue weighted by atomic mass is 19.1. The second-order valence-electron chi connectivity index (χ2n) is 7.92. The standard InChI is InChI=1S/C25H24FNO4/c1-14-22(25(29)31-3)23(18-6-4-5-7-19(18)26)24-20(27-14)12-16(13-21(24)28)15-8-10-17(30-2)11-9-15/h4-11,16,22-23H,12-13H2,1-3H3/t16-,22?,23-/m1/s1. The van der Waals surface area contributed by atoms with Crippen LogP contribution < -0.4 is 4.74 Å². The van der Waals surface area contributed by atoms with Crippen LogP contribution in [0, 0.1) is 11.7 Å². The molecule has 5 nitrogen and oxygen atoms in total. The van der Waals surface area contributed by atoms with Crippen LogP contribution in [0.2, 0.25) is 0 Å². The fraction of sp³-hybridized carbons (Fsp3) is 0.320. The molecular formula is C25H24FNO4. The van der Waals surface area contributed by atoms with E-state index in [1.165, 1.54) is 13.2 Å². The fourth-order valence-electron chi connectivity index (χ4n) is 4.67. The van der Waals surface area contributed by atoms with Gasteiger partial charge < -0.3 is 9.47 Å². The van der Waals surface area contributed by atoms with Gasteiger partial charge in [-0.25, -0.2) is 4.39 Å². The summed E-state index contributed by atoms with van der Waals surface area (Å²) in [5.74, 6) is -1.95. The van der Waals surface area contributed by atoms with E-state index in [1.807, 2.05) is 24.3 Å². The molecule has 0 amide bonds. The lowest BCUT2D eigenvalue weighted by Crippen LogP contribution is -2.38. The Morgan fingerprint density at radius 2 is 1.77 bits per heavy atom. The van der Waals surface area contributed by atoms with E-state index in [-0.39, 0.29) is 18.1 Å². The van der Waals surface area contributed by atoms with Crippen LogP contribution in [0.3, 0.4) is 0 Å². The maximum Gasteiger partial charge on any atom is 0.315 e. The second kappa shape index (κ2) is 8.46. The zero-order chi connectivity index (χ0) is 22.1. The van der Waals surface area contributed by atoms with E-state index < -0.39 is 23.6 Å². The lowest BCUT2D eigenvalue weighted by atomic mass is 9.69. The van der Waals surface area contributed by atoms with Crippen LogP contribution in [0.15, 0.2) is 64.8 Å². The Hall–Kier alpha value is -3.28. The summed E-state index contributed by atoms with van der Waals surface area (Å²) in [6, 6.07) is 13.9. The van der Waals surface area contributed by atoms with Crippen molar-refractivity contribution in [2.75, 3.05) is 14.2 Å². The number of benzene rings is 2. The Balaban J connectivity index is 1.79. The number of nitrogens with zero attached hydrogens (tertiary/aromatic N) is 1. The van der Waals surface area contributed by atoms with Crippen molar-refractivity contribution in [2.24, 2.45) is 10.9 Å². The van der Waals surface area contributed by atoms with Crippen molar-refractivity contribution < 1.29 is 23.5 Å². The molecule has 1 aliphatic carbocycles. The fourth-order valence-corrected chi connectivity index (χ4v) is 4.67. The summed E-state index contributed by atoms with van der Waals surface area (Å²) in [5, 5.41) is 0. The van der Waals surface area contributed by atoms with Crippen LogP contribution in [-0.4, -0.2) is 31.7 Å². The van der Waals surface area contributed by atoms with Crippen molar-refractivity contribution in [3.63, 3.8) is 0 Å². The molecule has 2 aliphatic rings. The highest BCUT2D eigenvalue weighted by molar-refractivity contribution is 6.09. The van der Waals surface area contributed by atoms with Gasteiger partial charge in [-0.1, -0.05) is 30.3 Å². The van der Waals surface area contributed by atoms with E-state index in [9.17, 15) is 14.0 Å². The van der Waals surface area contributed by atoms with Crippen LogP contribution >= 0.6 is 0 Å². The highest BCUT2D eigenvalue weighted by Gasteiger charge is 2.45. The molecule has 1 unspecified atom stereocenters. The second-order valence-corrected chi connectivity index (χ2v) is 7.92. The van der Waals surface area contributed by atoms with Crippen molar-refractivity contribution in [2.45, 2.75) is 31.6 Å². The Morgan fingerprint density at radius 1 is 1.06 bits per heavy atom. The molecule has 1 aliphatic heterocycles. The average Bonchev–Trinajstić information content (AvgIpc) is 2.78. The predicted molar refractivity (Wildman–Crippen MR) is 115 cm³/mol. The van der Waals surface area contributed by atoms with Crippen LogP contribution in [0.1, 0.15) is 42.7 Å². The minimum atomic E-state index is -0.831. The predicted octanol–water partition coefficient (Wildman–Crippen LogP) is 4.58. The van der Waals surface area contributed by atoms with Crippen LogP contribution in [0.4, 0.5) is 4.39 Å². The van der Waals surface area contributed by atoms with E-state index in [2.05, 4.69) is 4.99 Å². The summed E-state index contributed by atoms with van der Waals surface area (Å²) in [6.45, 7) is 1.74. The number of methoxy groups -OCH3 is 2. The maximum absolute atomic E-state index is 14.8. The summed E-state index contributed by atoms with van der Waals surface area (Å²) >= 11 is 0. The Bertz CT molecular complexity index is 1090. The third-order valence-corrected chi connectivity index (χ3v) is 6.17. The zero-order valence-corrected chi connectivity index (χ0v) is 17.7. The molecule has 160 valence electrons. The quantitative estimate of drug-likeness (QED) is 0.678. The third-order valence-electron chi connectivity index (χ3n) is 6.17. The van der Waals surface area contributed by atoms with Gasteiger partial charge in [0.05, 0.1) is 14.2 Å². The molecule has 2 aromatic carbocycles. The molecule has 2 aromatic rings. The summed E-state index contributed by atoms with van der Waals surface area (Å²) < 4.78 is 25.0. The van der Waals surface area contributed by atoms with Gasteiger partial charge in [-0.3, -0.25) is 14.6 Å². The number of carbonyl (C=O) groups is 2. The van der Waals surface area contributed by atoms with Crippen molar-refractivity contribution in [1.82, 2.24) is 0 Å². The zero-order valence-electron chi connectivity index (χ0n) is 17.7. The van der Waals surface area contributed by atoms with Gasteiger partial charge in [0.15, 0.2) is 5.78 Å². The molecular weight excluding hydrogens is 397 g/mol. The number of halogens is 1. The Morgan fingerprint density at radius 3 is 2.42 bits per heavy atom. The van der Waals surface area contributed by atoms with Crippen molar-refractivity contribution >= 4 is 17.5 Å². The summed E-state index contributed by atoms with van der Waals surface area (Å²) in [7, 11) is 2.90. The van der Waals surface area contributed by atoms with Crippen molar-refractivity contribution in [3.05, 3.63) is 76.7 Å². The number of hydrogen-bond donors (Lipinski definition) is 0. The van der Waals surface area contributed by atoms with Crippen molar-refractivity contribution in [1.29, 1.82) is 0 Å². The van der Waals surface area contributed by atoms with Gasteiger partial charge in [0.1, 0.15) is 17.5 Å². The van der Waals surface area contributed by atoms with Crippen LogP contribution in [0.25, 0.3) is 0 Å². The molecule has 4 rings (SSSR count). The molecule has 0 radical (unpaired) electrons. The molecule has 6 heteroatoms. The minimum Gasteiger partial charge on any atom is -0.497 e. The summed E-state index contributed by atoms with van der Waals surface area (Å²) in [6.07, 6.45) is 0.822. The van der Waals surface area contributed by atoms with Gasteiger partial charge >= 0.3 is 5.97 Å². The molecule has 0 saturated carbocycles. The lowest BCUT2D eigenvalue weighted by molar-refractivity contribution is -0.143. The first kappa shape index (κ1) is 21.0. The van der Waals surface area contributed by atoms with E-state index in [0.29, 0.717) is 29.0 Å². The maximum atomic E-state index is 14.8. The van der Waals surface area contributed by atoms with Gasteiger partial charge in [0, 0.05) is 29.3 Å². The Labute approximate surface area is 180 Å². The van der Waals surface area contributed by atoms with Gasteiger partial charge in [0.25, 0.3) is 0 Å². The summed E-state index contributed by atoms with van der Waals surface area (Å²) in [4.78, 5) is 30.6. The molecule has 0 N–H and O–H groups in total. The van der Waals surface area contributed by atoms with Gasteiger partial charge in [0.2, 0.25) is 0 Å². The molecule has 3 atom stereocenters. The molecule has 1 heterocycles. The van der Waals surface area contributed by atoms with Gasteiger partial charge in [-0.05, 0) is 48.6 Å². The molecule has 0 aromatic heterocycles. The number of ketones is 1. The topological polar surface area (TPSA) is 65.0 Å².